The predicted molar refractivity (Wildman–Crippen MR) is 136 cm³/mol. The first-order chi connectivity index (χ1) is 16.2. The highest BCUT2D eigenvalue weighted by Crippen LogP contribution is 2.40. The number of amides is 1. The summed E-state index contributed by atoms with van der Waals surface area (Å²) in [5.74, 6) is 0.912. The Morgan fingerprint density at radius 2 is 1.68 bits per heavy atom. The normalized spacial score (nSPS) is 11.7. The summed E-state index contributed by atoms with van der Waals surface area (Å²) in [6.45, 7) is 1.04. The van der Waals surface area contributed by atoms with Crippen molar-refractivity contribution in [3.05, 3.63) is 41.4 Å². The summed E-state index contributed by atoms with van der Waals surface area (Å²) in [6.07, 6.45) is 0.268. The molecule has 184 valence electrons. The molecule has 1 amide bonds. The first kappa shape index (κ1) is 26.2. The molecule has 0 bridgehead atoms. The molecular weight excluding hydrogens is 498 g/mol. The van der Waals surface area contributed by atoms with Gasteiger partial charge in [-0.15, -0.1) is 0 Å². The fraction of sp³-hybridized carbons (Fsp3) is 0.391. The van der Waals surface area contributed by atoms with Gasteiger partial charge in [-0.25, -0.2) is 13.4 Å². The summed E-state index contributed by atoms with van der Waals surface area (Å²) >= 11 is 7.19. The van der Waals surface area contributed by atoms with E-state index in [1.807, 2.05) is 19.0 Å². The fourth-order valence-electron chi connectivity index (χ4n) is 3.32. The van der Waals surface area contributed by atoms with Gasteiger partial charge in [-0.1, -0.05) is 22.9 Å². The van der Waals surface area contributed by atoms with Crippen molar-refractivity contribution in [3.8, 4) is 11.5 Å². The van der Waals surface area contributed by atoms with Crippen LogP contribution in [0.2, 0.25) is 5.02 Å². The SMILES string of the molecule is COc1ccc(OC)c2sc(N(CCN(C)C)C(=O)CCCS(=O)(=O)c3ccc(Cl)cc3)nc12. The van der Waals surface area contributed by atoms with Gasteiger partial charge in [0.05, 0.1) is 24.9 Å². The van der Waals surface area contributed by atoms with Gasteiger partial charge in [0.1, 0.15) is 21.7 Å². The second-order valence-corrected chi connectivity index (χ2v) is 11.4. The molecule has 0 aliphatic heterocycles. The first-order valence-corrected chi connectivity index (χ1v) is 13.5. The smallest absolute Gasteiger partial charge is 0.228 e. The number of anilines is 1. The Bertz CT molecular complexity index is 1200. The Labute approximate surface area is 209 Å². The third kappa shape index (κ3) is 6.18. The lowest BCUT2D eigenvalue weighted by Gasteiger charge is -2.22. The zero-order valence-corrected chi connectivity index (χ0v) is 22.0. The summed E-state index contributed by atoms with van der Waals surface area (Å²) in [5.41, 5.74) is 0.620. The van der Waals surface area contributed by atoms with E-state index < -0.39 is 9.84 Å². The molecule has 2 aromatic carbocycles. The Hall–Kier alpha value is -2.40. The number of sulfone groups is 1. The van der Waals surface area contributed by atoms with E-state index in [1.54, 1.807) is 31.3 Å². The number of fused-ring (bicyclic) bond motifs is 1. The molecule has 8 nitrogen and oxygen atoms in total. The number of aromatic nitrogens is 1. The Morgan fingerprint density at radius 1 is 1.03 bits per heavy atom. The van der Waals surface area contributed by atoms with Crippen LogP contribution in [0.3, 0.4) is 0 Å². The standard InChI is InChI=1S/C23H28ClN3O5S2/c1-26(2)13-14-27(23-25-21-18(31-3)11-12-19(32-4)22(21)33-23)20(28)6-5-15-34(29,30)17-9-7-16(24)8-10-17/h7-12H,5-6,13-15H2,1-4H3. The molecule has 0 radical (unpaired) electrons. The van der Waals surface area contributed by atoms with E-state index >= 15 is 0 Å². The zero-order valence-electron chi connectivity index (χ0n) is 19.6. The van der Waals surface area contributed by atoms with Crippen LogP contribution in [0.4, 0.5) is 5.13 Å². The van der Waals surface area contributed by atoms with Gasteiger partial charge in [0.25, 0.3) is 0 Å². The quantitative estimate of drug-likeness (QED) is 0.372. The minimum absolute atomic E-state index is 0.0739. The summed E-state index contributed by atoms with van der Waals surface area (Å²) < 4.78 is 36.9. The van der Waals surface area contributed by atoms with Crippen molar-refractivity contribution in [2.45, 2.75) is 17.7 Å². The molecule has 1 heterocycles. The molecule has 3 rings (SSSR count). The van der Waals surface area contributed by atoms with Crippen molar-refractivity contribution >= 4 is 54.0 Å². The number of halogens is 1. The minimum atomic E-state index is -3.51. The lowest BCUT2D eigenvalue weighted by molar-refractivity contribution is -0.118. The molecule has 0 saturated carbocycles. The monoisotopic (exact) mass is 525 g/mol. The number of likely N-dealkylation sites (N-methyl/N-ethyl adjacent to an activating group) is 1. The molecule has 1 aromatic heterocycles. The Morgan fingerprint density at radius 3 is 2.29 bits per heavy atom. The van der Waals surface area contributed by atoms with E-state index in [-0.39, 0.29) is 29.4 Å². The van der Waals surface area contributed by atoms with Gasteiger partial charge >= 0.3 is 0 Å². The molecular formula is C23H28ClN3O5S2. The Kier molecular flexibility index (Phi) is 8.75. The highest BCUT2D eigenvalue weighted by Gasteiger charge is 2.23. The van der Waals surface area contributed by atoms with Crippen molar-refractivity contribution in [2.24, 2.45) is 0 Å². The van der Waals surface area contributed by atoms with Gasteiger partial charge in [-0.3, -0.25) is 9.69 Å². The number of rotatable bonds is 11. The molecule has 3 aromatic rings. The van der Waals surface area contributed by atoms with Crippen LogP contribution >= 0.6 is 22.9 Å². The number of carbonyl (C=O) groups excluding carboxylic acids is 1. The van der Waals surface area contributed by atoms with Crippen molar-refractivity contribution in [2.75, 3.05) is 52.1 Å². The van der Waals surface area contributed by atoms with Gasteiger partial charge in [0, 0.05) is 24.5 Å². The molecule has 11 heteroatoms. The molecule has 0 spiro atoms. The summed E-state index contributed by atoms with van der Waals surface area (Å²) in [7, 11) is 3.48. The van der Waals surface area contributed by atoms with Gasteiger partial charge in [-0.05, 0) is 56.9 Å². The van der Waals surface area contributed by atoms with Crippen molar-refractivity contribution in [1.29, 1.82) is 0 Å². The van der Waals surface area contributed by atoms with Crippen LogP contribution in [0.15, 0.2) is 41.3 Å². The zero-order chi connectivity index (χ0) is 24.9. The molecule has 34 heavy (non-hydrogen) atoms. The molecule has 0 saturated heterocycles. The van der Waals surface area contributed by atoms with Gasteiger partial charge in [0.2, 0.25) is 5.91 Å². The van der Waals surface area contributed by atoms with Crippen molar-refractivity contribution in [1.82, 2.24) is 9.88 Å². The van der Waals surface area contributed by atoms with E-state index in [0.29, 0.717) is 40.3 Å². The third-order valence-corrected chi connectivity index (χ3v) is 8.34. The van der Waals surface area contributed by atoms with Crippen LogP contribution in [0.5, 0.6) is 11.5 Å². The minimum Gasteiger partial charge on any atom is -0.495 e. The molecule has 0 unspecified atom stereocenters. The fourth-order valence-corrected chi connectivity index (χ4v) is 5.88. The number of benzene rings is 2. The highest BCUT2D eigenvalue weighted by atomic mass is 35.5. The maximum Gasteiger partial charge on any atom is 0.228 e. The first-order valence-electron chi connectivity index (χ1n) is 10.6. The average Bonchev–Trinajstić information content (AvgIpc) is 3.23. The number of ether oxygens (including phenoxy) is 2. The molecule has 0 N–H and O–H groups in total. The average molecular weight is 526 g/mol. The third-order valence-electron chi connectivity index (χ3n) is 5.18. The van der Waals surface area contributed by atoms with Crippen LogP contribution in [-0.2, 0) is 14.6 Å². The van der Waals surface area contributed by atoms with Crippen LogP contribution < -0.4 is 14.4 Å². The Balaban J connectivity index is 1.80. The maximum absolute atomic E-state index is 13.2. The van der Waals surface area contributed by atoms with E-state index in [9.17, 15) is 13.2 Å². The lowest BCUT2D eigenvalue weighted by atomic mass is 10.3. The van der Waals surface area contributed by atoms with Crippen molar-refractivity contribution in [3.63, 3.8) is 0 Å². The maximum atomic E-state index is 13.2. The van der Waals surface area contributed by atoms with Crippen LogP contribution in [0.25, 0.3) is 10.2 Å². The molecule has 0 fully saturated rings. The van der Waals surface area contributed by atoms with Crippen molar-refractivity contribution < 1.29 is 22.7 Å². The number of hydrogen-bond donors (Lipinski definition) is 0. The second-order valence-electron chi connectivity index (χ2n) is 7.87. The topological polar surface area (TPSA) is 89.0 Å². The van der Waals surface area contributed by atoms with Gasteiger partial charge in [0.15, 0.2) is 15.0 Å². The van der Waals surface area contributed by atoms with Crippen LogP contribution in [-0.4, -0.2) is 71.4 Å². The highest BCUT2D eigenvalue weighted by molar-refractivity contribution is 7.91. The lowest BCUT2D eigenvalue weighted by Crippen LogP contribution is -2.36. The number of methoxy groups -OCH3 is 2. The number of hydrogen-bond acceptors (Lipinski definition) is 8. The van der Waals surface area contributed by atoms with E-state index in [1.165, 1.54) is 35.6 Å². The van der Waals surface area contributed by atoms with Crippen LogP contribution in [0, 0.1) is 0 Å². The second kappa shape index (κ2) is 11.4. The van der Waals surface area contributed by atoms with E-state index in [0.717, 1.165) is 4.70 Å². The van der Waals surface area contributed by atoms with Gasteiger partial charge in [-0.2, -0.15) is 0 Å². The summed E-state index contributed by atoms with van der Waals surface area (Å²) in [5, 5.41) is 0.986. The number of nitrogens with zero attached hydrogens (tertiary/aromatic N) is 3. The predicted octanol–water partition coefficient (Wildman–Crippen LogP) is 4.12. The molecule has 0 atom stereocenters. The molecule has 0 aliphatic carbocycles. The van der Waals surface area contributed by atoms with E-state index in [2.05, 4.69) is 4.98 Å². The number of carbonyl (C=O) groups is 1. The van der Waals surface area contributed by atoms with Crippen LogP contribution in [0.1, 0.15) is 12.8 Å². The van der Waals surface area contributed by atoms with E-state index in [4.69, 9.17) is 21.1 Å². The summed E-state index contributed by atoms with van der Waals surface area (Å²) in [4.78, 5) is 21.7. The van der Waals surface area contributed by atoms with Gasteiger partial charge < -0.3 is 14.4 Å². The summed E-state index contributed by atoms with van der Waals surface area (Å²) in [6, 6.07) is 9.61. The molecule has 0 aliphatic rings. The largest absolute Gasteiger partial charge is 0.495 e. The number of thiazole rings is 1.